The number of halogens is 1. The van der Waals surface area contributed by atoms with Crippen LogP contribution in [0.25, 0.3) is 16.0 Å². The zero-order chi connectivity index (χ0) is 24.3. The number of rotatable bonds is 3. The lowest BCUT2D eigenvalue weighted by molar-refractivity contribution is -0.132. The standard InChI is InChI=1S/C27H19FN2O4S/c1-14-11-17-12-16(7-10-20(17)34-14)24(31)22-23(15-5-3-2-4-6-15)30(26(33)25(22)32)27-29-19-9-8-18(28)13-21(19)35-27/h2-10,12-14,23,31H,11H2,1H3/t14-,23+/m1/s1. The number of benzene rings is 3. The van der Waals surface area contributed by atoms with E-state index in [2.05, 4.69) is 4.98 Å². The first-order valence-corrected chi connectivity index (χ1v) is 11.9. The van der Waals surface area contributed by atoms with E-state index in [1.54, 1.807) is 42.5 Å². The molecule has 2 aliphatic rings. The molecule has 3 aromatic carbocycles. The molecular formula is C27H19FN2O4S. The Kier molecular flexibility index (Phi) is 4.93. The lowest BCUT2D eigenvalue weighted by Gasteiger charge is -2.23. The van der Waals surface area contributed by atoms with Crippen LogP contribution in [-0.4, -0.2) is 27.9 Å². The van der Waals surface area contributed by atoms with Crippen LogP contribution in [0, 0.1) is 5.82 Å². The largest absolute Gasteiger partial charge is 0.507 e. The highest BCUT2D eigenvalue weighted by Gasteiger charge is 2.48. The first kappa shape index (κ1) is 21.5. The highest BCUT2D eigenvalue weighted by molar-refractivity contribution is 7.22. The first-order valence-electron chi connectivity index (χ1n) is 11.1. The van der Waals surface area contributed by atoms with Crippen molar-refractivity contribution in [3.63, 3.8) is 0 Å². The lowest BCUT2D eigenvalue weighted by Crippen LogP contribution is -2.29. The molecule has 35 heavy (non-hydrogen) atoms. The summed E-state index contributed by atoms with van der Waals surface area (Å²) in [5.74, 6) is -1.51. The van der Waals surface area contributed by atoms with E-state index < -0.39 is 23.5 Å². The molecule has 1 fully saturated rings. The van der Waals surface area contributed by atoms with Gasteiger partial charge < -0.3 is 9.84 Å². The van der Waals surface area contributed by atoms with Gasteiger partial charge in [0.1, 0.15) is 23.4 Å². The Morgan fingerprint density at radius 2 is 1.91 bits per heavy atom. The molecule has 0 aliphatic carbocycles. The van der Waals surface area contributed by atoms with E-state index in [9.17, 15) is 19.1 Å². The van der Waals surface area contributed by atoms with Gasteiger partial charge >= 0.3 is 5.91 Å². The molecule has 0 spiro atoms. The molecule has 6 nitrogen and oxygen atoms in total. The molecule has 6 rings (SSSR count). The summed E-state index contributed by atoms with van der Waals surface area (Å²) in [6.07, 6.45) is 0.719. The third kappa shape index (κ3) is 3.49. The molecule has 174 valence electrons. The minimum atomic E-state index is -0.884. The third-order valence-corrected chi connectivity index (χ3v) is 7.29. The molecule has 1 aromatic heterocycles. The van der Waals surface area contributed by atoms with Crippen LogP contribution in [0.1, 0.15) is 29.7 Å². The van der Waals surface area contributed by atoms with Crippen molar-refractivity contribution in [3.8, 4) is 5.75 Å². The molecule has 4 aromatic rings. The molecular weight excluding hydrogens is 467 g/mol. The van der Waals surface area contributed by atoms with Crippen LogP contribution in [0.5, 0.6) is 5.75 Å². The molecule has 8 heteroatoms. The van der Waals surface area contributed by atoms with Crippen molar-refractivity contribution in [2.75, 3.05) is 4.90 Å². The summed E-state index contributed by atoms with van der Waals surface area (Å²) >= 11 is 1.12. The molecule has 3 heterocycles. The summed E-state index contributed by atoms with van der Waals surface area (Å²) in [5.41, 5.74) is 2.52. The number of hydrogen-bond donors (Lipinski definition) is 1. The second kappa shape index (κ2) is 8.02. The van der Waals surface area contributed by atoms with Crippen molar-refractivity contribution in [1.29, 1.82) is 0 Å². The quantitative estimate of drug-likeness (QED) is 0.239. The smallest absolute Gasteiger partial charge is 0.301 e. The number of carbonyl (C=O) groups excluding carboxylic acids is 2. The molecule has 1 saturated heterocycles. The average molecular weight is 487 g/mol. The Balaban J connectivity index is 1.53. The van der Waals surface area contributed by atoms with Crippen molar-refractivity contribution < 1.29 is 23.8 Å². The molecule has 2 atom stereocenters. The van der Waals surface area contributed by atoms with Crippen LogP contribution in [0.3, 0.4) is 0 Å². The Morgan fingerprint density at radius 1 is 1.11 bits per heavy atom. The van der Waals surface area contributed by atoms with Gasteiger partial charge in [0.15, 0.2) is 5.13 Å². The fourth-order valence-corrected chi connectivity index (χ4v) is 5.71. The number of fused-ring (bicyclic) bond motifs is 2. The van der Waals surface area contributed by atoms with Gasteiger partial charge in [0.2, 0.25) is 0 Å². The average Bonchev–Trinajstić information content (AvgIpc) is 3.51. The van der Waals surface area contributed by atoms with E-state index in [4.69, 9.17) is 4.74 Å². The van der Waals surface area contributed by atoms with E-state index in [1.807, 2.05) is 13.0 Å². The van der Waals surface area contributed by atoms with Gasteiger partial charge in [-0.05, 0) is 54.4 Å². The van der Waals surface area contributed by atoms with Crippen LogP contribution in [-0.2, 0) is 16.0 Å². The van der Waals surface area contributed by atoms with Gasteiger partial charge in [-0.2, -0.15) is 0 Å². The first-order chi connectivity index (χ1) is 16.9. The predicted octanol–water partition coefficient (Wildman–Crippen LogP) is 5.39. The molecule has 0 unspecified atom stereocenters. The Bertz CT molecular complexity index is 1550. The maximum absolute atomic E-state index is 13.8. The molecule has 2 aliphatic heterocycles. The Morgan fingerprint density at radius 3 is 2.71 bits per heavy atom. The summed E-state index contributed by atoms with van der Waals surface area (Å²) in [6, 6.07) is 17.6. The van der Waals surface area contributed by atoms with Gasteiger partial charge in [-0.1, -0.05) is 41.7 Å². The van der Waals surface area contributed by atoms with Crippen LogP contribution in [0.4, 0.5) is 9.52 Å². The summed E-state index contributed by atoms with van der Waals surface area (Å²) in [6.45, 7) is 1.96. The van der Waals surface area contributed by atoms with Crippen molar-refractivity contribution in [1.82, 2.24) is 4.98 Å². The maximum Gasteiger partial charge on any atom is 0.301 e. The highest BCUT2D eigenvalue weighted by atomic mass is 32.1. The van der Waals surface area contributed by atoms with Gasteiger partial charge in [0.05, 0.1) is 21.8 Å². The van der Waals surface area contributed by atoms with E-state index in [0.717, 1.165) is 22.6 Å². The number of aliphatic hydroxyl groups excluding tert-OH is 1. The number of amides is 1. The molecule has 0 bridgehead atoms. The minimum absolute atomic E-state index is 0.0152. The molecule has 0 saturated carbocycles. The lowest BCUT2D eigenvalue weighted by atomic mass is 9.94. The van der Waals surface area contributed by atoms with E-state index in [0.29, 0.717) is 27.8 Å². The number of ketones is 1. The topological polar surface area (TPSA) is 79.7 Å². The number of thiazole rings is 1. The molecule has 1 amide bonds. The van der Waals surface area contributed by atoms with Gasteiger partial charge in [0, 0.05) is 12.0 Å². The van der Waals surface area contributed by atoms with Gasteiger partial charge in [-0.25, -0.2) is 9.37 Å². The van der Waals surface area contributed by atoms with Gasteiger partial charge in [-0.15, -0.1) is 0 Å². The fourth-order valence-electron chi connectivity index (χ4n) is 4.69. The van der Waals surface area contributed by atoms with Gasteiger partial charge in [-0.3, -0.25) is 14.5 Å². The van der Waals surface area contributed by atoms with Crippen molar-refractivity contribution >= 4 is 44.1 Å². The minimum Gasteiger partial charge on any atom is -0.507 e. The number of nitrogens with zero attached hydrogens (tertiary/aromatic N) is 2. The number of Topliss-reactive ketones (excluding diaryl/α,β-unsaturated/α-hetero) is 1. The van der Waals surface area contributed by atoms with Crippen LogP contribution >= 0.6 is 11.3 Å². The zero-order valence-electron chi connectivity index (χ0n) is 18.6. The molecule has 1 N–H and O–H groups in total. The predicted molar refractivity (Wildman–Crippen MR) is 131 cm³/mol. The Hall–Kier alpha value is -4.04. The number of aromatic nitrogens is 1. The highest BCUT2D eigenvalue weighted by Crippen LogP contribution is 2.44. The summed E-state index contributed by atoms with van der Waals surface area (Å²) in [4.78, 5) is 32.4. The van der Waals surface area contributed by atoms with Crippen molar-refractivity contribution in [3.05, 3.63) is 94.8 Å². The number of anilines is 1. The van der Waals surface area contributed by atoms with Crippen molar-refractivity contribution in [2.45, 2.75) is 25.5 Å². The second-order valence-corrected chi connectivity index (χ2v) is 9.65. The number of aliphatic hydroxyl groups is 1. The summed E-state index contributed by atoms with van der Waals surface area (Å²) in [7, 11) is 0. The summed E-state index contributed by atoms with van der Waals surface area (Å²) < 4.78 is 20.1. The Labute approximate surface area is 203 Å². The van der Waals surface area contributed by atoms with E-state index in [1.165, 1.54) is 23.1 Å². The zero-order valence-corrected chi connectivity index (χ0v) is 19.4. The number of ether oxygens (including phenoxy) is 1. The molecule has 0 radical (unpaired) electrons. The normalized spacial score (nSPS) is 20.9. The fraction of sp³-hybridized carbons (Fsp3) is 0.148. The second-order valence-electron chi connectivity index (χ2n) is 8.64. The third-order valence-electron chi connectivity index (χ3n) is 6.27. The van der Waals surface area contributed by atoms with E-state index in [-0.39, 0.29) is 22.6 Å². The number of carbonyl (C=O) groups is 2. The van der Waals surface area contributed by atoms with Gasteiger partial charge in [0.25, 0.3) is 5.78 Å². The number of hydrogen-bond acceptors (Lipinski definition) is 6. The van der Waals surface area contributed by atoms with Crippen LogP contribution in [0.2, 0.25) is 0 Å². The van der Waals surface area contributed by atoms with Crippen molar-refractivity contribution in [2.24, 2.45) is 0 Å². The SMILES string of the molecule is C[C@@H]1Cc2cc(C(O)=C3C(=O)C(=O)N(c4nc5ccc(F)cc5s4)[C@H]3c3ccccc3)ccc2O1. The van der Waals surface area contributed by atoms with Crippen LogP contribution in [0.15, 0.2) is 72.3 Å². The van der Waals surface area contributed by atoms with E-state index >= 15 is 0 Å². The summed E-state index contributed by atoms with van der Waals surface area (Å²) in [5, 5.41) is 11.6. The monoisotopic (exact) mass is 486 g/mol. The van der Waals surface area contributed by atoms with Crippen LogP contribution < -0.4 is 9.64 Å². The maximum atomic E-state index is 13.8.